The van der Waals surface area contributed by atoms with E-state index in [-0.39, 0.29) is 23.1 Å². The Morgan fingerprint density at radius 2 is 1.73 bits per heavy atom. The number of anilines is 1. The minimum absolute atomic E-state index is 0.0886. The molecule has 8 heteroatoms. The van der Waals surface area contributed by atoms with Crippen LogP contribution in [0.3, 0.4) is 0 Å². The van der Waals surface area contributed by atoms with Crippen molar-refractivity contribution in [2.45, 2.75) is 46.6 Å². The maximum Gasteiger partial charge on any atom is 0.305 e. The summed E-state index contributed by atoms with van der Waals surface area (Å²) in [4.78, 5) is 27.0. The summed E-state index contributed by atoms with van der Waals surface area (Å²) in [5, 5.41) is 24.2. The molecule has 0 fully saturated rings. The average molecular weight is 311 g/mol. The number of hydrogen-bond donors (Lipinski definition) is 0. The fourth-order valence-corrected chi connectivity index (χ4v) is 2.49. The molecule has 1 aromatic rings. The molecule has 0 bridgehead atoms. The molecule has 0 atom stereocenters. The van der Waals surface area contributed by atoms with Gasteiger partial charge in [-0.05, 0) is 32.3 Å². The predicted octanol–water partition coefficient (Wildman–Crippen LogP) is 3.68. The average Bonchev–Trinajstić information content (AvgIpc) is 2.46. The Morgan fingerprint density at radius 1 is 1.18 bits per heavy atom. The third kappa shape index (κ3) is 3.16. The molecule has 22 heavy (non-hydrogen) atoms. The molecule has 0 radical (unpaired) electrons. The highest BCUT2D eigenvalue weighted by Gasteiger charge is 2.35. The number of hydroxylamine groups is 1. The Hall–Kier alpha value is -2.22. The van der Waals surface area contributed by atoms with Gasteiger partial charge in [0.15, 0.2) is 0 Å². The molecule has 0 aliphatic heterocycles. The van der Waals surface area contributed by atoms with E-state index in [0.717, 1.165) is 0 Å². The highest BCUT2D eigenvalue weighted by molar-refractivity contribution is 5.78. The van der Waals surface area contributed by atoms with Crippen molar-refractivity contribution in [1.82, 2.24) is 0 Å². The van der Waals surface area contributed by atoms with Crippen LogP contribution in [0.15, 0.2) is 6.07 Å². The normalized spacial score (nSPS) is 10.8. The Labute approximate surface area is 128 Å². The second kappa shape index (κ2) is 7.17. The van der Waals surface area contributed by atoms with Gasteiger partial charge < -0.3 is 0 Å². The number of nitro benzene ring substituents is 2. The van der Waals surface area contributed by atoms with E-state index < -0.39 is 9.85 Å². The van der Waals surface area contributed by atoms with Crippen LogP contribution in [0.25, 0.3) is 0 Å². The zero-order chi connectivity index (χ0) is 17.0. The lowest BCUT2D eigenvalue weighted by molar-refractivity contribution is -0.393. The minimum Gasteiger partial charge on any atom is -0.276 e. The molecule has 8 nitrogen and oxygen atoms in total. The number of benzene rings is 1. The van der Waals surface area contributed by atoms with E-state index in [2.05, 4.69) is 0 Å². The molecule has 0 aliphatic carbocycles. The zero-order valence-corrected chi connectivity index (χ0v) is 13.5. The number of aryl methyl sites for hydroxylation is 1. The van der Waals surface area contributed by atoms with Crippen LogP contribution in [0, 0.1) is 34.1 Å². The molecule has 0 saturated carbocycles. The van der Waals surface area contributed by atoms with Crippen molar-refractivity contribution in [1.29, 1.82) is 0 Å². The van der Waals surface area contributed by atoms with Crippen LogP contribution in [0.1, 0.15) is 37.8 Å². The van der Waals surface area contributed by atoms with Gasteiger partial charge >= 0.3 is 11.4 Å². The van der Waals surface area contributed by atoms with Crippen LogP contribution >= 0.6 is 0 Å². The van der Waals surface area contributed by atoms with Gasteiger partial charge in [0, 0.05) is 11.6 Å². The maximum atomic E-state index is 11.5. The summed E-state index contributed by atoms with van der Waals surface area (Å²) in [5.74, 6) is 0. The Kier molecular flexibility index (Phi) is 5.81. The second-order valence-corrected chi connectivity index (χ2v) is 5.03. The van der Waals surface area contributed by atoms with Crippen molar-refractivity contribution in [3.05, 3.63) is 37.4 Å². The van der Waals surface area contributed by atoms with E-state index in [4.69, 9.17) is 4.84 Å². The molecule has 0 amide bonds. The monoisotopic (exact) mass is 311 g/mol. The molecular weight excluding hydrogens is 290 g/mol. The second-order valence-electron chi connectivity index (χ2n) is 5.03. The van der Waals surface area contributed by atoms with Crippen molar-refractivity contribution in [3.8, 4) is 0 Å². The highest BCUT2D eigenvalue weighted by atomic mass is 16.7. The van der Waals surface area contributed by atoms with Crippen molar-refractivity contribution < 1.29 is 14.7 Å². The minimum atomic E-state index is -0.608. The molecule has 0 aliphatic rings. The third-order valence-corrected chi connectivity index (χ3v) is 3.84. The standard InChI is InChI=1S/C14H21N3O5/c1-6-11(7-2)15(22-5)14-12(16(18)19)8-9(3)10(4)13(14)17(20)21/h8,11H,6-7H2,1-5H3. The van der Waals surface area contributed by atoms with Gasteiger partial charge in [0.2, 0.25) is 5.69 Å². The lowest BCUT2D eigenvalue weighted by Crippen LogP contribution is -2.34. The molecular formula is C14H21N3O5. The van der Waals surface area contributed by atoms with E-state index in [9.17, 15) is 20.2 Å². The Balaban J connectivity index is 3.77. The SMILES string of the molecule is CCC(CC)N(OC)c1c([N+](=O)[O-])cc(C)c(C)c1[N+](=O)[O-]. The van der Waals surface area contributed by atoms with Crippen molar-refractivity contribution in [2.24, 2.45) is 0 Å². The maximum absolute atomic E-state index is 11.5. The summed E-state index contributed by atoms with van der Waals surface area (Å²) in [5.41, 5.74) is 0.222. The first-order valence-electron chi connectivity index (χ1n) is 7.06. The largest absolute Gasteiger partial charge is 0.305 e. The molecule has 0 saturated heterocycles. The van der Waals surface area contributed by atoms with Crippen LogP contribution in [0.4, 0.5) is 17.1 Å². The van der Waals surface area contributed by atoms with Gasteiger partial charge in [0.05, 0.1) is 23.0 Å². The third-order valence-electron chi connectivity index (χ3n) is 3.84. The first kappa shape index (κ1) is 17.8. The summed E-state index contributed by atoms with van der Waals surface area (Å²) < 4.78 is 0. The molecule has 0 heterocycles. The lowest BCUT2D eigenvalue weighted by atomic mass is 10.0. The number of hydrogen-bond acceptors (Lipinski definition) is 6. The molecule has 0 aromatic heterocycles. The van der Waals surface area contributed by atoms with Gasteiger partial charge in [-0.1, -0.05) is 13.8 Å². The first-order chi connectivity index (χ1) is 10.3. The van der Waals surface area contributed by atoms with Crippen LogP contribution < -0.4 is 5.06 Å². The van der Waals surface area contributed by atoms with E-state index in [1.165, 1.54) is 18.2 Å². The summed E-state index contributed by atoms with van der Waals surface area (Å²) in [7, 11) is 1.36. The van der Waals surface area contributed by atoms with Gasteiger partial charge in [0.25, 0.3) is 0 Å². The van der Waals surface area contributed by atoms with Gasteiger partial charge in [-0.2, -0.15) is 0 Å². The quantitative estimate of drug-likeness (QED) is 0.562. The molecule has 1 rings (SSSR count). The number of nitro groups is 2. The molecule has 0 unspecified atom stereocenters. The first-order valence-corrected chi connectivity index (χ1v) is 7.06. The van der Waals surface area contributed by atoms with Gasteiger partial charge in [-0.25, -0.2) is 5.06 Å². The Morgan fingerprint density at radius 3 is 2.09 bits per heavy atom. The van der Waals surface area contributed by atoms with Gasteiger partial charge in [0.1, 0.15) is 0 Å². The van der Waals surface area contributed by atoms with E-state index in [1.807, 2.05) is 13.8 Å². The van der Waals surface area contributed by atoms with Crippen LogP contribution in [-0.4, -0.2) is 23.0 Å². The van der Waals surface area contributed by atoms with Crippen molar-refractivity contribution in [2.75, 3.05) is 12.2 Å². The highest BCUT2D eigenvalue weighted by Crippen LogP contribution is 2.43. The molecule has 0 spiro atoms. The Bertz CT molecular complexity index is 584. The molecule has 1 aromatic carbocycles. The van der Waals surface area contributed by atoms with Gasteiger partial charge in [-0.3, -0.25) is 25.1 Å². The smallest absolute Gasteiger partial charge is 0.276 e. The zero-order valence-electron chi connectivity index (χ0n) is 13.5. The summed E-state index contributed by atoms with van der Waals surface area (Å²) in [6, 6.07) is 1.16. The molecule has 122 valence electrons. The summed E-state index contributed by atoms with van der Waals surface area (Å²) in [6.45, 7) is 7.01. The summed E-state index contributed by atoms with van der Waals surface area (Å²) in [6.07, 6.45) is 1.29. The van der Waals surface area contributed by atoms with Crippen LogP contribution in [0.5, 0.6) is 0 Å². The van der Waals surface area contributed by atoms with Crippen molar-refractivity contribution in [3.63, 3.8) is 0 Å². The number of nitrogens with zero attached hydrogens (tertiary/aromatic N) is 3. The fourth-order valence-electron chi connectivity index (χ4n) is 2.49. The van der Waals surface area contributed by atoms with Crippen LogP contribution in [-0.2, 0) is 4.84 Å². The lowest BCUT2D eigenvalue weighted by Gasteiger charge is -2.29. The van der Waals surface area contributed by atoms with E-state index >= 15 is 0 Å². The predicted molar refractivity (Wildman–Crippen MR) is 83.1 cm³/mol. The van der Waals surface area contributed by atoms with Crippen molar-refractivity contribution >= 4 is 17.1 Å². The van der Waals surface area contributed by atoms with E-state index in [0.29, 0.717) is 24.0 Å². The summed E-state index contributed by atoms with van der Waals surface area (Å²) >= 11 is 0. The van der Waals surface area contributed by atoms with E-state index in [1.54, 1.807) is 13.8 Å². The van der Waals surface area contributed by atoms with Gasteiger partial charge in [-0.15, -0.1) is 0 Å². The van der Waals surface area contributed by atoms with Crippen LogP contribution in [0.2, 0.25) is 0 Å². The topological polar surface area (TPSA) is 98.8 Å². The fraction of sp³-hybridized carbons (Fsp3) is 0.571. The molecule has 0 N–H and O–H groups in total. The number of rotatable bonds is 7.